The number of pyridine rings is 1. The van der Waals surface area contributed by atoms with Crippen molar-refractivity contribution in [2.24, 2.45) is 0 Å². The second-order valence-corrected chi connectivity index (χ2v) is 6.24. The lowest BCUT2D eigenvalue weighted by atomic mass is 10.2. The fraction of sp³-hybridized carbons (Fsp3) is 0.278. The molecule has 0 aliphatic rings. The zero-order valence-corrected chi connectivity index (χ0v) is 15.4. The molecule has 1 heterocycles. The third kappa shape index (κ3) is 6.15. The number of nitro groups is 1. The minimum absolute atomic E-state index is 0.00301. The lowest BCUT2D eigenvalue weighted by Crippen LogP contribution is -2.36. The number of carbonyl (C=O) groups is 2. The van der Waals surface area contributed by atoms with Gasteiger partial charge in [-0.3, -0.25) is 24.6 Å². The molecule has 2 amide bonds. The van der Waals surface area contributed by atoms with Gasteiger partial charge in [0, 0.05) is 18.3 Å². The molecule has 0 aliphatic heterocycles. The molecule has 0 fully saturated rings. The first-order chi connectivity index (χ1) is 12.7. The van der Waals surface area contributed by atoms with Crippen molar-refractivity contribution in [3.8, 4) is 0 Å². The van der Waals surface area contributed by atoms with Crippen LogP contribution >= 0.6 is 0 Å². The van der Waals surface area contributed by atoms with Gasteiger partial charge in [0.05, 0.1) is 23.7 Å². The Morgan fingerprint density at radius 1 is 1.11 bits per heavy atom. The van der Waals surface area contributed by atoms with E-state index < -0.39 is 4.92 Å². The van der Waals surface area contributed by atoms with Crippen LogP contribution in [0.15, 0.2) is 36.5 Å². The summed E-state index contributed by atoms with van der Waals surface area (Å²) in [5, 5.41) is 16.2. The Morgan fingerprint density at radius 2 is 1.78 bits per heavy atom. The number of benzene rings is 1. The highest BCUT2D eigenvalue weighted by Gasteiger charge is 2.14. The van der Waals surface area contributed by atoms with Crippen molar-refractivity contribution in [1.29, 1.82) is 0 Å². The maximum atomic E-state index is 12.2. The van der Waals surface area contributed by atoms with E-state index in [1.165, 1.54) is 17.0 Å². The van der Waals surface area contributed by atoms with Gasteiger partial charge in [-0.25, -0.2) is 4.98 Å². The van der Waals surface area contributed by atoms with Crippen LogP contribution in [-0.2, 0) is 9.59 Å². The average Bonchev–Trinajstić information content (AvgIpc) is 2.56. The van der Waals surface area contributed by atoms with Crippen LogP contribution in [0.3, 0.4) is 0 Å². The standard InChI is InChI=1S/C18H21N5O4/c1-12-6-7-19-16(8-12)21-18(25)11-22(3)10-17(24)20-15-9-14(23(26)27)5-4-13(15)2/h4-9H,10-11H2,1-3H3,(H,20,24)(H,19,21,25). The average molecular weight is 371 g/mol. The van der Waals surface area contributed by atoms with Gasteiger partial charge in [0.25, 0.3) is 5.69 Å². The molecule has 0 atom stereocenters. The van der Waals surface area contributed by atoms with Gasteiger partial charge in [0.15, 0.2) is 0 Å². The van der Waals surface area contributed by atoms with Gasteiger partial charge in [-0.1, -0.05) is 6.07 Å². The Morgan fingerprint density at radius 3 is 2.41 bits per heavy atom. The second kappa shape index (κ2) is 8.86. The molecule has 1 aromatic carbocycles. The molecule has 142 valence electrons. The zero-order chi connectivity index (χ0) is 20.0. The highest BCUT2D eigenvalue weighted by molar-refractivity contribution is 5.95. The fourth-order valence-electron chi connectivity index (χ4n) is 2.38. The highest BCUT2D eigenvalue weighted by Crippen LogP contribution is 2.21. The van der Waals surface area contributed by atoms with Crippen LogP contribution in [0.2, 0.25) is 0 Å². The van der Waals surface area contributed by atoms with Gasteiger partial charge in [-0.05, 0) is 44.2 Å². The molecule has 0 bridgehead atoms. The van der Waals surface area contributed by atoms with Gasteiger partial charge >= 0.3 is 0 Å². The predicted octanol–water partition coefficient (Wildman–Crippen LogP) is 2.12. The van der Waals surface area contributed by atoms with E-state index in [9.17, 15) is 19.7 Å². The molecule has 9 heteroatoms. The monoisotopic (exact) mass is 371 g/mol. The summed E-state index contributed by atoms with van der Waals surface area (Å²) in [6.45, 7) is 3.59. The summed E-state index contributed by atoms with van der Waals surface area (Å²) in [5.41, 5.74) is 1.95. The summed E-state index contributed by atoms with van der Waals surface area (Å²) >= 11 is 0. The molecule has 2 rings (SSSR count). The van der Waals surface area contributed by atoms with Gasteiger partial charge in [0.1, 0.15) is 5.82 Å². The Balaban J connectivity index is 1.89. The van der Waals surface area contributed by atoms with E-state index in [0.717, 1.165) is 5.56 Å². The van der Waals surface area contributed by atoms with Crippen LogP contribution in [0.25, 0.3) is 0 Å². The molecular formula is C18H21N5O4. The van der Waals surface area contributed by atoms with Gasteiger partial charge < -0.3 is 10.6 Å². The minimum Gasteiger partial charge on any atom is -0.324 e. The van der Waals surface area contributed by atoms with E-state index >= 15 is 0 Å². The number of aromatic nitrogens is 1. The lowest BCUT2D eigenvalue weighted by molar-refractivity contribution is -0.384. The Hall–Kier alpha value is -3.33. The summed E-state index contributed by atoms with van der Waals surface area (Å²) in [6, 6.07) is 7.82. The third-order valence-corrected chi connectivity index (χ3v) is 3.72. The Bertz CT molecular complexity index is 869. The van der Waals surface area contributed by atoms with E-state index in [1.807, 2.05) is 13.0 Å². The van der Waals surface area contributed by atoms with Crippen molar-refractivity contribution in [3.63, 3.8) is 0 Å². The number of nitro benzene ring substituents is 1. The van der Waals surface area contributed by atoms with Crippen LogP contribution in [0.4, 0.5) is 17.2 Å². The molecule has 27 heavy (non-hydrogen) atoms. The lowest BCUT2D eigenvalue weighted by Gasteiger charge is -2.16. The van der Waals surface area contributed by atoms with Crippen LogP contribution in [0.5, 0.6) is 0 Å². The van der Waals surface area contributed by atoms with Crippen molar-refractivity contribution in [2.75, 3.05) is 30.8 Å². The van der Waals surface area contributed by atoms with Crippen LogP contribution < -0.4 is 10.6 Å². The number of anilines is 2. The van der Waals surface area contributed by atoms with Crippen molar-refractivity contribution in [3.05, 3.63) is 57.8 Å². The van der Waals surface area contributed by atoms with Crippen molar-refractivity contribution < 1.29 is 14.5 Å². The van der Waals surface area contributed by atoms with E-state index in [0.29, 0.717) is 17.1 Å². The molecule has 2 aromatic rings. The summed E-state index contributed by atoms with van der Waals surface area (Å²) in [5.74, 6) is -0.220. The maximum absolute atomic E-state index is 12.2. The molecule has 0 saturated carbocycles. The molecule has 0 radical (unpaired) electrons. The van der Waals surface area contributed by atoms with Gasteiger partial charge in [-0.2, -0.15) is 0 Å². The number of likely N-dealkylation sites (N-methyl/N-ethyl adjacent to an activating group) is 1. The zero-order valence-electron chi connectivity index (χ0n) is 15.4. The van der Waals surface area contributed by atoms with Crippen molar-refractivity contribution in [1.82, 2.24) is 9.88 Å². The number of carbonyl (C=O) groups excluding carboxylic acids is 2. The quantitative estimate of drug-likeness (QED) is 0.569. The molecule has 0 spiro atoms. The van der Waals surface area contributed by atoms with E-state index in [1.54, 1.807) is 32.3 Å². The van der Waals surface area contributed by atoms with Gasteiger partial charge in [-0.15, -0.1) is 0 Å². The van der Waals surface area contributed by atoms with Crippen LogP contribution in [-0.4, -0.2) is 46.8 Å². The van der Waals surface area contributed by atoms with E-state index in [4.69, 9.17) is 0 Å². The Labute approximate surface area is 156 Å². The predicted molar refractivity (Wildman–Crippen MR) is 102 cm³/mol. The second-order valence-electron chi connectivity index (χ2n) is 6.24. The first kappa shape index (κ1) is 20.0. The first-order valence-corrected chi connectivity index (χ1v) is 8.20. The molecule has 1 aromatic heterocycles. The van der Waals surface area contributed by atoms with Crippen LogP contribution in [0, 0.1) is 24.0 Å². The topological polar surface area (TPSA) is 117 Å². The number of aryl methyl sites for hydroxylation is 2. The molecule has 0 saturated heterocycles. The first-order valence-electron chi connectivity index (χ1n) is 8.20. The van der Waals surface area contributed by atoms with E-state index in [2.05, 4.69) is 15.6 Å². The summed E-state index contributed by atoms with van der Waals surface area (Å²) in [4.78, 5) is 40.1. The number of nitrogens with one attached hydrogen (secondary N) is 2. The number of hydrogen-bond acceptors (Lipinski definition) is 6. The third-order valence-electron chi connectivity index (χ3n) is 3.72. The minimum atomic E-state index is -0.523. The number of amides is 2. The Kier molecular flexibility index (Phi) is 6.56. The largest absolute Gasteiger partial charge is 0.324 e. The van der Waals surface area contributed by atoms with Crippen LogP contribution in [0.1, 0.15) is 11.1 Å². The number of non-ortho nitro benzene ring substituents is 1. The molecular weight excluding hydrogens is 350 g/mol. The number of rotatable bonds is 7. The highest BCUT2D eigenvalue weighted by atomic mass is 16.6. The summed E-state index contributed by atoms with van der Waals surface area (Å²) in [7, 11) is 1.63. The molecule has 0 unspecified atom stereocenters. The van der Waals surface area contributed by atoms with Crippen molar-refractivity contribution >= 4 is 29.0 Å². The SMILES string of the molecule is Cc1ccnc(NC(=O)CN(C)CC(=O)Nc2cc([N+](=O)[O-])ccc2C)c1. The summed E-state index contributed by atoms with van der Waals surface area (Å²) < 4.78 is 0. The normalized spacial score (nSPS) is 10.5. The smallest absolute Gasteiger partial charge is 0.271 e. The fourth-order valence-corrected chi connectivity index (χ4v) is 2.38. The number of nitrogens with zero attached hydrogens (tertiary/aromatic N) is 3. The van der Waals surface area contributed by atoms with E-state index in [-0.39, 0.29) is 30.6 Å². The molecule has 2 N–H and O–H groups in total. The number of hydrogen-bond donors (Lipinski definition) is 2. The van der Waals surface area contributed by atoms with Gasteiger partial charge in [0.2, 0.25) is 11.8 Å². The molecule has 9 nitrogen and oxygen atoms in total. The maximum Gasteiger partial charge on any atom is 0.271 e. The summed E-state index contributed by atoms with van der Waals surface area (Å²) in [6.07, 6.45) is 1.60. The van der Waals surface area contributed by atoms with Crippen molar-refractivity contribution in [2.45, 2.75) is 13.8 Å². The molecule has 0 aliphatic carbocycles.